The third kappa shape index (κ3) is 2.55. The molecule has 0 unspecified atom stereocenters. The maximum absolute atomic E-state index is 12.4. The van der Waals surface area contributed by atoms with Crippen LogP contribution in [0.2, 0.25) is 0 Å². The highest BCUT2D eigenvalue weighted by Gasteiger charge is 2.15. The number of nitrogens with one attached hydrogen (secondary N) is 1. The Kier molecular flexibility index (Phi) is 3.58. The van der Waals surface area contributed by atoms with Gasteiger partial charge in [-0.25, -0.2) is 4.79 Å². The zero-order chi connectivity index (χ0) is 15.9. The number of carbonyl (C=O) groups excluding carboxylic acids is 1. The Labute approximate surface area is 131 Å². The molecule has 5 heteroatoms. The number of carbonyl (C=O) groups is 1. The highest BCUT2D eigenvalue weighted by Crippen LogP contribution is 2.31. The molecule has 3 rings (SSSR count). The van der Waals surface area contributed by atoms with E-state index in [1.807, 2.05) is 32.9 Å². The topological polar surface area (TPSA) is 59.3 Å². The molecule has 1 heterocycles. The Morgan fingerprint density at radius 2 is 1.82 bits per heavy atom. The van der Waals surface area contributed by atoms with Crippen LogP contribution in [-0.4, -0.2) is 5.91 Å². The van der Waals surface area contributed by atoms with Gasteiger partial charge in [0.2, 0.25) is 0 Å². The number of fused-ring (bicyclic) bond motifs is 1. The number of hydrogen-bond donors (Lipinski definition) is 1. The lowest BCUT2D eigenvalue weighted by Crippen LogP contribution is -2.13. The van der Waals surface area contributed by atoms with Gasteiger partial charge in [0.1, 0.15) is 5.58 Å². The van der Waals surface area contributed by atoms with Crippen molar-refractivity contribution in [2.75, 3.05) is 5.32 Å². The van der Waals surface area contributed by atoms with Crippen molar-refractivity contribution in [2.45, 2.75) is 20.8 Å². The van der Waals surface area contributed by atoms with Gasteiger partial charge >= 0.3 is 4.94 Å². The summed E-state index contributed by atoms with van der Waals surface area (Å²) < 4.78 is 5.91. The van der Waals surface area contributed by atoms with Crippen molar-refractivity contribution in [3.8, 4) is 0 Å². The predicted octanol–water partition coefficient (Wildman–Crippen LogP) is 4.03. The van der Waals surface area contributed by atoms with Crippen LogP contribution in [0.3, 0.4) is 0 Å². The average Bonchev–Trinajstić information content (AvgIpc) is 2.84. The van der Waals surface area contributed by atoms with Crippen LogP contribution < -0.4 is 10.3 Å². The lowest BCUT2D eigenvalue weighted by Gasteiger charge is -2.12. The van der Waals surface area contributed by atoms with Crippen LogP contribution in [0, 0.1) is 20.8 Å². The number of anilines is 1. The molecule has 0 aliphatic heterocycles. The summed E-state index contributed by atoms with van der Waals surface area (Å²) in [6, 6.07) is 9.18. The fourth-order valence-corrected chi connectivity index (χ4v) is 3.16. The van der Waals surface area contributed by atoms with Crippen molar-refractivity contribution in [2.24, 2.45) is 0 Å². The van der Waals surface area contributed by atoms with Crippen LogP contribution >= 0.6 is 11.3 Å². The second-order valence-corrected chi connectivity index (χ2v) is 6.24. The smallest absolute Gasteiger partial charge is 0.396 e. The van der Waals surface area contributed by atoms with E-state index in [-0.39, 0.29) is 10.8 Å². The van der Waals surface area contributed by atoms with E-state index < -0.39 is 0 Å². The molecule has 4 nitrogen and oxygen atoms in total. The Balaban J connectivity index is 2.01. The van der Waals surface area contributed by atoms with E-state index in [0.29, 0.717) is 11.1 Å². The summed E-state index contributed by atoms with van der Waals surface area (Å²) in [7, 11) is 0. The summed E-state index contributed by atoms with van der Waals surface area (Å²) >= 11 is 1.05. The van der Waals surface area contributed by atoms with Crippen LogP contribution in [-0.2, 0) is 0 Å². The van der Waals surface area contributed by atoms with E-state index >= 15 is 0 Å². The second kappa shape index (κ2) is 5.42. The Bertz CT molecular complexity index is 919. The predicted molar refractivity (Wildman–Crippen MR) is 89.0 cm³/mol. The number of aryl methyl sites for hydroxylation is 3. The van der Waals surface area contributed by atoms with Gasteiger partial charge in [-0.3, -0.25) is 4.79 Å². The molecular weight excluding hydrogens is 298 g/mol. The maximum atomic E-state index is 12.4. The molecule has 0 saturated carbocycles. The van der Waals surface area contributed by atoms with Gasteiger partial charge in [-0.15, -0.1) is 0 Å². The molecule has 1 aromatic heterocycles. The molecule has 3 aromatic rings. The number of hydrogen-bond acceptors (Lipinski definition) is 4. The van der Waals surface area contributed by atoms with Crippen LogP contribution in [0.25, 0.3) is 10.3 Å². The first-order valence-corrected chi connectivity index (χ1v) is 7.69. The second-order valence-electron chi connectivity index (χ2n) is 5.29. The van der Waals surface area contributed by atoms with Gasteiger partial charge < -0.3 is 9.73 Å². The van der Waals surface area contributed by atoms with Gasteiger partial charge in [0.15, 0.2) is 0 Å². The number of rotatable bonds is 2. The minimum atomic E-state index is -0.334. The van der Waals surface area contributed by atoms with Crippen molar-refractivity contribution in [3.05, 3.63) is 62.3 Å². The van der Waals surface area contributed by atoms with Gasteiger partial charge in [0.25, 0.3) is 5.91 Å². The zero-order valence-corrected chi connectivity index (χ0v) is 13.3. The summed E-state index contributed by atoms with van der Waals surface area (Å²) in [6.07, 6.45) is 0. The molecular formula is C17H15NO3S. The molecule has 0 atom stereocenters. The summed E-state index contributed by atoms with van der Waals surface area (Å²) in [4.78, 5) is 23.4. The first kappa shape index (κ1) is 14.5. The SMILES string of the molecule is Cc1ccc(C(=O)Nc2c(C)cc3oc(=O)sc3c2C)cc1. The number of amides is 1. The Hall–Kier alpha value is -2.40. The first-order chi connectivity index (χ1) is 10.5. The molecule has 1 amide bonds. The standard InChI is InChI=1S/C17H15NO3S/c1-9-4-6-12(7-5-9)16(19)18-14-10(2)8-13-15(11(14)3)22-17(20)21-13/h4-8H,1-3H3,(H,18,19). The van der Waals surface area contributed by atoms with Gasteiger partial charge in [0, 0.05) is 11.3 Å². The van der Waals surface area contributed by atoms with Crippen molar-refractivity contribution in [1.82, 2.24) is 0 Å². The van der Waals surface area contributed by atoms with E-state index in [2.05, 4.69) is 5.32 Å². The van der Waals surface area contributed by atoms with Crippen LogP contribution in [0.4, 0.5) is 5.69 Å². The molecule has 1 N–H and O–H groups in total. The lowest BCUT2D eigenvalue weighted by molar-refractivity contribution is 0.102. The highest BCUT2D eigenvalue weighted by molar-refractivity contribution is 7.16. The summed E-state index contributed by atoms with van der Waals surface area (Å²) in [5, 5.41) is 2.94. The quantitative estimate of drug-likeness (QED) is 0.777. The zero-order valence-electron chi connectivity index (χ0n) is 12.5. The fraction of sp³-hybridized carbons (Fsp3) is 0.176. The third-order valence-electron chi connectivity index (χ3n) is 3.61. The molecule has 0 spiro atoms. The molecule has 0 radical (unpaired) electrons. The van der Waals surface area contributed by atoms with Crippen LogP contribution in [0.1, 0.15) is 27.0 Å². The number of benzene rings is 2. The van der Waals surface area contributed by atoms with Crippen molar-refractivity contribution in [1.29, 1.82) is 0 Å². The summed E-state index contributed by atoms with van der Waals surface area (Å²) in [6.45, 7) is 5.74. The van der Waals surface area contributed by atoms with Gasteiger partial charge in [-0.2, -0.15) is 0 Å². The Morgan fingerprint density at radius 1 is 1.14 bits per heavy atom. The first-order valence-electron chi connectivity index (χ1n) is 6.87. The molecule has 0 aliphatic carbocycles. The maximum Gasteiger partial charge on any atom is 0.396 e. The molecule has 0 saturated heterocycles. The molecule has 22 heavy (non-hydrogen) atoms. The summed E-state index contributed by atoms with van der Waals surface area (Å²) in [5.74, 6) is -0.165. The van der Waals surface area contributed by atoms with Crippen molar-refractivity contribution in [3.63, 3.8) is 0 Å². The minimum absolute atomic E-state index is 0.165. The van der Waals surface area contributed by atoms with E-state index in [9.17, 15) is 9.59 Å². The average molecular weight is 313 g/mol. The van der Waals surface area contributed by atoms with E-state index in [4.69, 9.17) is 4.42 Å². The van der Waals surface area contributed by atoms with E-state index in [1.165, 1.54) is 0 Å². The van der Waals surface area contributed by atoms with Gasteiger partial charge in [-0.1, -0.05) is 29.0 Å². The van der Waals surface area contributed by atoms with Crippen molar-refractivity contribution >= 4 is 33.2 Å². The molecule has 0 bridgehead atoms. The lowest BCUT2D eigenvalue weighted by atomic mass is 10.1. The molecule has 0 fully saturated rings. The van der Waals surface area contributed by atoms with Crippen LogP contribution in [0.5, 0.6) is 0 Å². The largest absolute Gasteiger partial charge is 0.414 e. The van der Waals surface area contributed by atoms with Gasteiger partial charge in [0.05, 0.1) is 4.70 Å². The highest BCUT2D eigenvalue weighted by atomic mass is 32.1. The molecule has 0 aliphatic rings. The van der Waals surface area contributed by atoms with E-state index in [0.717, 1.165) is 38.4 Å². The molecule has 2 aromatic carbocycles. The van der Waals surface area contributed by atoms with Crippen LogP contribution in [0.15, 0.2) is 39.5 Å². The Morgan fingerprint density at radius 3 is 2.50 bits per heavy atom. The monoisotopic (exact) mass is 313 g/mol. The summed E-state index contributed by atoms with van der Waals surface area (Å²) in [5.41, 5.74) is 4.73. The van der Waals surface area contributed by atoms with E-state index in [1.54, 1.807) is 18.2 Å². The molecule has 112 valence electrons. The van der Waals surface area contributed by atoms with Crippen molar-refractivity contribution < 1.29 is 9.21 Å². The van der Waals surface area contributed by atoms with Gasteiger partial charge in [-0.05, 0) is 50.1 Å². The minimum Gasteiger partial charge on any atom is -0.414 e. The fourth-order valence-electron chi connectivity index (χ4n) is 2.41. The normalized spacial score (nSPS) is 10.9. The third-order valence-corrected chi connectivity index (χ3v) is 4.57.